The summed E-state index contributed by atoms with van der Waals surface area (Å²) >= 11 is 11.6. The van der Waals surface area contributed by atoms with Crippen LogP contribution in [0.2, 0.25) is 10.0 Å². The molecule has 1 saturated heterocycles. The van der Waals surface area contributed by atoms with Crippen LogP contribution in [0.25, 0.3) is 11.0 Å². The molecular weight excluding hydrogens is 621 g/mol. The first-order valence-corrected chi connectivity index (χ1v) is 17.6. The topological polar surface area (TPSA) is 91.7 Å². The van der Waals surface area contributed by atoms with E-state index < -0.39 is 5.91 Å². The van der Waals surface area contributed by atoms with Crippen molar-refractivity contribution in [3.05, 3.63) is 80.1 Å². The van der Waals surface area contributed by atoms with Crippen molar-refractivity contribution in [1.29, 1.82) is 0 Å². The highest BCUT2D eigenvalue weighted by atomic mass is 35.5. The number of nitrogens with zero attached hydrogens (tertiary/aromatic N) is 1. The summed E-state index contributed by atoms with van der Waals surface area (Å²) < 4.78 is 5.62. The number of amides is 2. The fourth-order valence-corrected chi connectivity index (χ4v) is 6.72. The molecule has 2 amide bonds. The Balaban J connectivity index is 0.000000496. The van der Waals surface area contributed by atoms with Gasteiger partial charge >= 0.3 is 0 Å². The van der Waals surface area contributed by atoms with Gasteiger partial charge in [0.1, 0.15) is 5.58 Å². The van der Waals surface area contributed by atoms with Gasteiger partial charge in [0.05, 0.1) is 10.8 Å². The van der Waals surface area contributed by atoms with Crippen molar-refractivity contribution >= 4 is 46.0 Å². The lowest BCUT2D eigenvalue weighted by Gasteiger charge is -2.47. The van der Waals surface area contributed by atoms with Crippen molar-refractivity contribution in [3.8, 4) is 0 Å². The molecular formula is C37H51Cl2N3O4. The Hall–Kier alpha value is -2.87. The van der Waals surface area contributed by atoms with Gasteiger partial charge in [-0.2, -0.15) is 0 Å². The monoisotopic (exact) mass is 671 g/mol. The Morgan fingerprint density at radius 1 is 0.957 bits per heavy atom. The maximum absolute atomic E-state index is 13.3. The predicted molar refractivity (Wildman–Crippen MR) is 190 cm³/mol. The summed E-state index contributed by atoms with van der Waals surface area (Å²) in [6.45, 7) is 13.3. The van der Waals surface area contributed by atoms with E-state index in [0.717, 1.165) is 56.8 Å². The summed E-state index contributed by atoms with van der Waals surface area (Å²) in [4.78, 5) is 40.6. The molecule has 1 aromatic heterocycles. The van der Waals surface area contributed by atoms with Crippen LogP contribution in [-0.2, 0) is 4.79 Å². The van der Waals surface area contributed by atoms with Crippen LogP contribution in [-0.4, -0.2) is 48.9 Å². The number of hydrogen-bond donors (Lipinski definition) is 2. The van der Waals surface area contributed by atoms with Crippen LogP contribution in [0.15, 0.2) is 57.7 Å². The van der Waals surface area contributed by atoms with Crippen molar-refractivity contribution in [2.24, 2.45) is 11.3 Å². The molecule has 9 heteroatoms. The first-order chi connectivity index (χ1) is 22.1. The van der Waals surface area contributed by atoms with Crippen molar-refractivity contribution in [2.45, 2.75) is 92.0 Å². The zero-order chi connectivity index (χ0) is 33.7. The van der Waals surface area contributed by atoms with E-state index in [4.69, 9.17) is 27.6 Å². The Morgan fingerprint density at radius 3 is 2.20 bits per heavy atom. The average Bonchev–Trinajstić information content (AvgIpc) is 3.06. The molecule has 0 unspecified atom stereocenters. The Morgan fingerprint density at radius 2 is 1.59 bits per heavy atom. The maximum atomic E-state index is 13.3. The molecule has 0 bridgehead atoms. The van der Waals surface area contributed by atoms with E-state index >= 15 is 0 Å². The summed E-state index contributed by atoms with van der Waals surface area (Å²) in [6, 6.07) is 13.9. The molecule has 2 fully saturated rings. The highest BCUT2D eigenvalue weighted by molar-refractivity contribution is 6.31. The van der Waals surface area contributed by atoms with Crippen LogP contribution >= 0.6 is 23.2 Å². The molecule has 0 radical (unpaired) electrons. The summed E-state index contributed by atoms with van der Waals surface area (Å²) in [7, 11) is 0. The molecule has 2 aliphatic rings. The molecule has 2 aromatic carbocycles. The van der Waals surface area contributed by atoms with Crippen molar-refractivity contribution in [2.75, 3.05) is 26.2 Å². The third-order valence-electron chi connectivity index (χ3n) is 8.87. The molecule has 1 saturated carbocycles. The SMILES string of the molecule is CC.CC(C)NC(=O)C1(C2CCCCC2)CCN(CCCNC(=O)c2cc(=O)c3cc(Cl)ccc3o2)CC1.Cc1ccc(Cl)cc1. The molecule has 0 spiro atoms. The van der Waals surface area contributed by atoms with Gasteiger partial charge in [0, 0.05) is 28.7 Å². The summed E-state index contributed by atoms with van der Waals surface area (Å²) in [5.41, 5.74) is 1.05. The van der Waals surface area contributed by atoms with E-state index in [1.54, 1.807) is 18.2 Å². The highest BCUT2D eigenvalue weighted by Gasteiger charge is 2.47. The van der Waals surface area contributed by atoms with Gasteiger partial charge in [-0.25, -0.2) is 0 Å². The largest absolute Gasteiger partial charge is 0.451 e. The van der Waals surface area contributed by atoms with Crippen LogP contribution in [0.1, 0.15) is 95.2 Å². The summed E-state index contributed by atoms with van der Waals surface area (Å²) in [5.74, 6) is 0.333. The standard InChI is InChI=1S/C28H38ClN3O4.C7H7Cl.C2H6/c1-19(2)31-27(35)28(20-7-4-3-5-8-20)11-15-32(16-12-28)14-6-13-30-26(34)25-18-23(33)22-17-21(29)9-10-24(22)36-25;1-6-2-4-7(8)5-3-6;1-2/h9-10,17-20H,3-8,11-16H2,1-2H3,(H,30,34)(H,31,35);2-5H,1H3;1-2H3. The second-order valence-electron chi connectivity index (χ2n) is 12.5. The Kier molecular flexibility index (Phi) is 15.1. The van der Waals surface area contributed by atoms with E-state index in [1.807, 2.05) is 58.9 Å². The van der Waals surface area contributed by atoms with E-state index in [9.17, 15) is 14.4 Å². The zero-order valence-electron chi connectivity index (χ0n) is 28.1. The quantitative estimate of drug-likeness (QED) is 0.235. The number of hydrogen-bond acceptors (Lipinski definition) is 5. The highest BCUT2D eigenvalue weighted by Crippen LogP contribution is 2.46. The number of nitrogens with one attached hydrogen (secondary N) is 2. The number of benzene rings is 2. The number of halogens is 2. The van der Waals surface area contributed by atoms with Gasteiger partial charge < -0.3 is 20.0 Å². The van der Waals surface area contributed by atoms with Gasteiger partial charge in [0.2, 0.25) is 5.91 Å². The maximum Gasteiger partial charge on any atom is 0.287 e. The minimum absolute atomic E-state index is 0.00113. The molecule has 3 aromatic rings. The molecule has 1 aliphatic carbocycles. The number of rotatable bonds is 8. The molecule has 0 atom stereocenters. The fraction of sp³-hybridized carbons (Fsp3) is 0.541. The molecule has 2 N–H and O–H groups in total. The van der Waals surface area contributed by atoms with E-state index in [-0.39, 0.29) is 28.6 Å². The lowest BCUT2D eigenvalue weighted by molar-refractivity contribution is -0.140. The van der Waals surface area contributed by atoms with Gasteiger partial charge in [-0.3, -0.25) is 14.4 Å². The molecule has 5 rings (SSSR count). The van der Waals surface area contributed by atoms with Crippen LogP contribution < -0.4 is 16.1 Å². The number of fused-ring (bicyclic) bond motifs is 1. The summed E-state index contributed by atoms with van der Waals surface area (Å²) in [6.07, 6.45) is 8.65. The first-order valence-electron chi connectivity index (χ1n) is 16.8. The van der Waals surface area contributed by atoms with E-state index in [2.05, 4.69) is 15.5 Å². The third kappa shape index (κ3) is 10.6. The lowest BCUT2D eigenvalue weighted by atomic mass is 9.63. The number of aryl methyl sites for hydroxylation is 1. The third-order valence-corrected chi connectivity index (χ3v) is 9.35. The van der Waals surface area contributed by atoms with Gasteiger partial charge in [-0.05, 0) is 109 Å². The average molecular weight is 673 g/mol. The van der Waals surface area contributed by atoms with Gasteiger partial charge in [0.15, 0.2) is 11.2 Å². The number of piperidine rings is 1. The molecule has 2 heterocycles. The van der Waals surface area contributed by atoms with Crippen LogP contribution in [0.3, 0.4) is 0 Å². The zero-order valence-corrected chi connectivity index (χ0v) is 29.6. The number of carbonyl (C=O) groups excluding carboxylic acids is 2. The minimum atomic E-state index is -0.399. The van der Waals surface area contributed by atoms with Gasteiger partial charge in [-0.15, -0.1) is 0 Å². The number of carbonyl (C=O) groups is 2. The van der Waals surface area contributed by atoms with Crippen LogP contribution in [0.4, 0.5) is 0 Å². The number of likely N-dealkylation sites (tertiary alicyclic amines) is 1. The Labute approximate surface area is 284 Å². The van der Waals surface area contributed by atoms with Gasteiger partial charge in [0.25, 0.3) is 5.91 Å². The molecule has 252 valence electrons. The molecule has 1 aliphatic heterocycles. The van der Waals surface area contributed by atoms with Crippen LogP contribution in [0, 0.1) is 18.3 Å². The van der Waals surface area contributed by atoms with Crippen LogP contribution in [0.5, 0.6) is 0 Å². The van der Waals surface area contributed by atoms with E-state index in [1.165, 1.54) is 30.9 Å². The fourth-order valence-electron chi connectivity index (χ4n) is 6.42. The molecule has 46 heavy (non-hydrogen) atoms. The summed E-state index contributed by atoms with van der Waals surface area (Å²) in [5, 5.41) is 7.69. The second-order valence-corrected chi connectivity index (χ2v) is 13.4. The van der Waals surface area contributed by atoms with Crippen molar-refractivity contribution in [3.63, 3.8) is 0 Å². The molecule has 7 nitrogen and oxygen atoms in total. The van der Waals surface area contributed by atoms with Crippen molar-refractivity contribution < 1.29 is 14.0 Å². The van der Waals surface area contributed by atoms with E-state index in [0.29, 0.717) is 28.5 Å². The normalized spacial score (nSPS) is 16.5. The van der Waals surface area contributed by atoms with Crippen molar-refractivity contribution in [1.82, 2.24) is 15.5 Å². The Bertz CT molecular complexity index is 1440. The first kappa shape index (κ1) is 37.6. The second kappa shape index (κ2) is 18.5. The smallest absolute Gasteiger partial charge is 0.287 e. The van der Waals surface area contributed by atoms with Gasteiger partial charge in [-0.1, -0.05) is 74.0 Å². The lowest BCUT2D eigenvalue weighted by Crippen LogP contribution is -2.54. The minimum Gasteiger partial charge on any atom is -0.451 e. The predicted octanol–water partition coefficient (Wildman–Crippen LogP) is 8.43.